The second kappa shape index (κ2) is 5.70. The molecule has 1 atom stereocenters. The van der Waals surface area contributed by atoms with Gasteiger partial charge in [0, 0.05) is 5.69 Å². The minimum Gasteiger partial charge on any atom is -0.325 e. The van der Waals surface area contributed by atoms with Crippen molar-refractivity contribution in [2.24, 2.45) is 0 Å². The van der Waals surface area contributed by atoms with E-state index in [1.807, 2.05) is 69.3 Å². The summed E-state index contributed by atoms with van der Waals surface area (Å²) in [5, 5.41) is 3.01. The summed E-state index contributed by atoms with van der Waals surface area (Å²) in [6.07, 6.45) is 0. The highest BCUT2D eigenvalue weighted by Crippen LogP contribution is 2.21. The largest absolute Gasteiger partial charge is 0.325 e. The van der Waals surface area contributed by atoms with E-state index in [0.29, 0.717) is 0 Å². The van der Waals surface area contributed by atoms with Gasteiger partial charge in [-0.1, -0.05) is 42.5 Å². The van der Waals surface area contributed by atoms with Crippen LogP contribution in [0.25, 0.3) is 0 Å². The van der Waals surface area contributed by atoms with Crippen molar-refractivity contribution in [3.8, 4) is 0 Å². The predicted molar refractivity (Wildman–Crippen MR) is 79.4 cm³/mol. The highest BCUT2D eigenvalue weighted by molar-refractivity contribution is 5.96. The molecule has 0 aliphatic heterocycles. The van der Waals surface area contributed by atoms with Crippen LogP contribution < -0.4 is 5.32 Å². The van der Waals surface area contributed by atoms with Crippen molar-refractivity contribution in [1.29, 1.82) is 0 Å². The van der Waals surface area contributed by atoms with Crippen LogP contribution in [-0.4, -0.2) is 5.91 Å². The lowest BCUT2D eigenvalue weighted by Gasteiger charge is -2.15. The third-order valence-corrected chi connectivity index (χ3v) is 3.56. The monoisotopic (exact) mass is 253 g/mol. The minimum atomic E-state index is -0.152. The standard InChI is InChI=1S/C17H19NO/c1-12-8-7-11-16(13(12)2)18-17(19)14(3)15-9-5-4-6-10-15/h4-11,14H,1-3H3,(H,18,19)/t14-/m1/s1. The Kier molecular flexibility index (Phi) is 4.00. The zero-order valence-corrected chi connectivity index (χ0v) is 11.6. The lowest BCUT2D eigenvalue weighted by Crippen LogP contribution is -2.19. The fourth-order valence-corrected chi connectivity index (χ4v) is 2.02. The van der Waals surface area contributed by atoms with Crippen molar-refractivity contribution < 1.29 is 4.79 Å². The zero-order chi connectivity index (χ0) is 13.8. The van der Waals surface area contributed by atoms with Gasteiger partial charge in [-0.3, -0.25) is 4.79 Å². The smallest absolute Gasteiger partial charge is 0.231 e. The molecule has 1 N–H and O–H groups in total. The fourth-order valence-electron chi connectivity index (χ4n) is 2.02. The molecule has 0 fully saturated rings. The number of rotatable bonds is 3. The van der Waals surface area contributed by atoms with E-state index >= 15 is 0 Å². The van der Waals surface area contributed by atoms with Gasteiger partial charge in [-0.15, -0.1) is 0 Å². The number of amides is 1. The number of aryl methyl sites for hydroxylation is 1. The zero-order valence-electron chi connectivity index (χ0n) is 11.6. The summed E-state index contributed by atoms with van der Waals surface area (Å²) in [7, 11) is 0. The van der Waals surface area contributed by atoms with Gasteiger partial charge in [0.05, 0.1) is 5.92 Å². The molecule has 2 rings (SSSR count). The van der Waals surface area contributed by atoms with Crippen molar-refractivity contribution >= 4 is 11.6 Å². The third-order valence-electron chi connectivity index (χ3n) is 3.56. The van der Waals surface area contributed by atoms with E-state index in [4.69, 9.17) is 0 Å². The summed E-state index contributed by atoms with van der Waals surface area (Å²) < 4.78 is 0. The molecule has 98 valence electrons. The van der Waals surface area contributed by atoms with E-state index in [0.717, 1.165) is 16.8 Å². The average molecular weight is 253 g/mol. The Balaban J connectivity index is 2.15. The number of anilines is 1. The Hall–Kier alpha value is -2.09. The summed E-state index contributed by atoms with van der Waals surface area (Å²) >= 11 is 0. The number of nitrogens with one attached hydrogen (secondary N) is 1. The molecule has 2 nitrogen and oxygen atoms in total. The van der Waals surface area contributed by atoms with Crippen molar-refractivity contribution in [2.75, 3.05) is 5.32 Å². The van der Waals surface area contributed by atoms with Gasteiger partial charge in [0.25, 0.3) is 0 Å². The molecule has 0 heterocycles. The van der Waals surface area contributed by atoms with E-state index < -0.39 is 0 Å². The highest BCUT2D eigenvalue weighted by atomic mass is 16.1. The van der Waals surface area contributed by atoms with E-state index in [1.54, 1.807) is 0 Å². The molecule has 0 spiro atoms. The van der Waals surface area contributed by atoms with Crippen molar-refractivity contribution in [3.63, 3.8) is 0 Å². The molecule has 0 saturated carbocycles. The van der Waals surface area contributed by atoms with Crippen LogP contribution >= 0.6 is 0 Å². The van der Waals surface area contributed by atoms with Crippen molar-refractivity contribution in [2.45, 2.75) is 26.7 Å². The van der Waals surface area contributed by atoms with Gasteiger partial charge in [0.2, 0.25) is 5.91 Å². The Morgan fingerprint density at radius 3 is 2.37 bits per heavy atom. The maximum Gasteiger partial charge on any atom is 0.231 e. The van der Waals surface area contributed by atoms with Crippen molar-refractivity contribution in [3.05, 3.63) is 65.2 Å². The lowest BCUT2D eigenvalue weighted by molar-refractivity contribution is -0.117. The molecule has 0 bridgehead atoms. The van der Waals surface area contributed by atoms with Crippen LogP contribution in [0.15, 0.2) is 48.5 Å². The second-order valence-corrected chi connectivity index (χ2v) is 4.87. The summed E-state index contributed by atoms with van der Waals surface area (Å²) in [5.74, 6) is -0.124. The number of benzene rings is 2. The van der Waals surface area contributed by atoms with Gasteiger partial charge in [0.15, 0.2) is 0 Å². The van der Waals surface area contributed by atoms with Crippen LogP contribution in [-0.2, 0) is 4.79 Å². The third kappa shape index (κ3) is 3.02. The Labute approximate surface area is 114 Å². The van der Waals surface area contributed by atoms with Crippen LogP contribution in [0.2, 0.25) is 0 Å². The SMILES string of the molecule is Cc1cccc(NC(=O)[C@H](C)c2ccccc2)c1C. The van der Waals surface area contributed by atoms with E-state index in [9.17, 15) is 4.79 Å². The van der Waals surface area contributed by atoms with Gasteiger partial charge < -0.3 is 5.32 Å². The Morgan fingerprint density at radius 2 is 1.68 bits per heavy atom. The van der Waals surface area contributed by atoms with E-state index in [1.165, 1.54) is 5.56 Å². The first-order valence-corrected chi connectivity index (χ1v) is 6.51. The maximum atomic E-state index is 12.3. The molecule has 19 heavy (non-hydrogen) atoms. The average Bonchev–Trinajstić information content (AvgIpc) is 2.44. The normalized spacial score (nSPS) is 11.9. The van der Waals surface area contributed by atoms with Gasteiger partial charge in [-0.05, 0) is 43.5 Å². The van der Waals surface area contributed by atoms with Crippen LogP contribution in [0.4, 0.5) is 5.69 Å². The molecular weight excluding hydrogens is 234 g/mol. The molecule has 0 unspecified atom stereocenters. The van der Waals surface area contributed by atoms with Crippen LogP contribution in [0, 0.1) is 13.8 Å². The van der Waals surface area contributed by atoms with Crippen LogP contribution in [0.1, 0.15) is 29.5 Å². The molecule has 0 saturated heterocycles. The molecule has 2 aromatic carbocycles. The Morgan fingerprint density at radius 1 is 1.00 bits per heavy atom. The van der Waals surface area contributed by atoms with E-state index in [-0.39, 0.29) is 11.8 Å². The molecule has 2 aromatic rings. The number of carbonyl (C=O) groups excluding carboxylic acids is 1. The topological polar surface area (TPSA) is 29.1 Å². The predicted octanol–water partition coefficient (Wildman–Crippen LogP) is 4.05. The van der Waals surface area contributed by atoms with Gasteiger partial charge in [0.1, 0.15) is 0 Å². The molecule has 0 aromatic heterocycles. The first-order valence-electron chi connectivity index (χ1n) is 6.51. The quantitative estimate of drug-likeness (QED) is 0.878. The summed E-state index contributed by atoms with van der Waals surface area (Å²) in [5.41, 5.74) is 4.24. The molecular formula is C17H19NO. The van der Waals surface area contributed by atoms with Gasteiger partial charge in [-0.2, -0.15) is 0 Å². The fraction of sp³-hybridized carbons (Fsp3) is 0.235. The number of hydrogen-bond donors (Lipinski definition) is 1. The molecule has 1 amide bonds. The van der Waals surface area contributed by atoms with Crippen LogP contribution in [0.5, 0.6) is 0 Å². The summed E-state index contributed by atoms with van der Waals surface area (Å²) in [6, 6.07) is 15.8. The van der Waals surface area contributed by atoms with Crippen LogP contribution in [0.3, 0.4) is 0 Å². The highest BCUT2D eigenvalue weighted by Gasteiger charge is 2.15. The minimum absolute atomic E-state index is 0.0277. The lowest BCUT2D eigenvalue weighted by atomic mass is 10.00. The molecule has 0 aliphatic carbocycles. The molecule has 0 radical (unpaired) electrons. The van der Waals surface area contributed by atoms with E-state index in [2.05, 4.69) is 5.32 Å². The molecule has 2 heteroatoms. The maximum absolute atomic E-state index is 12.3. The summed E-state index contributed by atoms with van der Waals surface area (Å²) in [4.78, 5) is 12.3. The Bertz CT molecular complexity index is 575. The van der Waals surface area contributed by atoms with Crippen molar-refractivity contribution in [1.82, 2.24) is 0 Å². The van der Waals surface area contributed by atoms with Gasteiger partial charge in [-0.25, -0.2) is 0 Å². The second-order valence-electron chi connectivity index (χ2n) is 4.87. The summed E-state index contributed by atoms with van der Waals surface area (Å²) in [6.45, 7) is 6.00. The first-order chi connectivity index (χ1) is 9.09. The van der Waals surface area contributed by atoms with Gasteiger partial charge >= 0.3 is 0 Å². The first kappa shape index (κ1) is 13.3. The number of hydrogen-bond acceptors (Lipinski definition) is 1. The number of carbonyl (C=O) groups is 1. The molecule has 0 aliphatic rings.